The zero-order valence-electron chi connectivity index (χ0n) is 16.5. The summed E-state index contributed by atoms with van der Waals surface area (Å²) in [5.41, 5.74) is 3.68. The second-order valence-electron chi connectivity index (χ2n) is 7.50. The average Bonchev–Trinajstić information content (AvgIpc) is 2.90. The molecule has 0 radical (unpaired) electrons. The monoisotopic (exact) mass is 378 g/mol. The molecule has 1 aliphatic rings. The number of carbonyl (C=O) groups excluding carboxylic acids is 1. The van der Waals surface area contributed by atoms with Gasteiger partial charge < -0.3 is 10.2 Å². The van der Waals surface area contributed by atoms with Gasteiger partial charge in [0.15, 0.2) is 5.65 Å². The van der Waals surface area contributed by atoms with Gasteiger partial charge in [0.25, 0.3) is 0 Å². The van der Waals surface area contributed by atoms with Crippen LogP contribution in [0.5, 0.6) is 0 Å². The Kier molecular flexibility index (Phi) is 5.23. The maximum absolute atomic E-state index is 12.6. The molecule has 0 bridgehead atoms. The van der Waals surface area contributed by atoms with Crippen LogP contribution in [0.3, 0.4) is 0 Å². The number of fused-ring (bicyclic) bond motifs is 1. The van der Waals surface area contributed by atoms with E-state index in [0.29, 0.717) is 5.65 Å². The van der Waals surface area contributed by atoms with Crippen LogP contribution in [0.15, 0.2) is 30.7 Å². The zero-order chi connectivity index (χ0) is 19.5. The van der Waals surface area contributed by atoms with Gasteiger partial charge in [-0.05, 0) is 43.9 Å². The Morgan fingerprint density at radius 2 is 1.89 bits per heavy atom. The van der Waals surface area contributed by atoms with Crippen LogP contribution in [0.1, 0.15) is 36.8 Å². The first kappa shape index (κ1) is 18.4. The Balaban J connectivity index is 1.55. The molecule has 7 nitrogen and oxygen atoms in total. The number of nitrogens with one attached hydrogen (secondary N) is 1. The number of hydrogen-bond acceptors (Lipinski definition) is 5. The van der Waals surface area contributed by atoms with Gasteiger partial charge in [-0.1, -0.05) is 25.0 Å². The summed E-state index contributed by atoms with van der Waals surface area (Å²) in [6, 6.07) is 6.02. The van der Waals surface area contributed by atoms with Crippen molar-refractivity contribution in [1.29, 1.82) is 0 Å². The molecule has 1 amide bonds. The quantitative estimate of drug-likeness (QED) is 0.752. The predicted octanol–water partition coefficient (Wildman–Crippen LogP) is 3.46. The highest BCUT2D eigenvalue weighted by atomic mass is 16.2. The Morgan fingerprint density at radius 3 is 2.68 bits per heavy atom. The Labute approximate surface area is 164 Å². The highest BCUT2D eigenvalue weighted by molar-refractivity contribution is 5.93. The number of nitrogens with zero attached hydrogens (tertiary/aromatic N) is 5. The van der Waals surface area contributed by atoms with Gasteiger partial charge in [-0.25, -0.2) is 14.6 Å². The van der Waals surface area contributed by atoms with Gasteiger partial charge in [-0.2, -0.15) is 5.10 Å². The number of carbonyl (C=O) groups is 1. The van der Waals surface area contributed by atoms with Crippen LogP contribution in [0, 0.1) is 13.8 Å². The summed E-state index contributed by atoms with van der Waals surface area (Å²) >= 11 is 0. The van der Waals surface area contributed by atoms with Crippen molar-refractivity contribution in [3.8, 4) is 0 Å². The molecule has 3 heterocycles. The summed E-state index contributed by atoms with van der Waals surface area (Å²) in [7, 11) is 0. The maximum Gasteiger partial charge on any atom is 0.246 e. The van der Waals surface area contributed by atoms with E-state index in [4.69, 9.17) is 0 Å². The Morgan fingerprint density at radius 1 is 1.11 bits per heavy atom. The van der Waals surface area contributed by atoms with Crippen LogP contribution in [0.2, 0.25) is 0 Å². The fourth-order valence-electron chi connectivity index (χ4n) is 3.73. The lowest BCUT2D eigenvalue weighted by atomic mass is 10.1. The summed E-state index contributed by atoms with van der Waals surface area (Å²) in [6.07, 6.45) is 8.24. The number of aromatic nitrogens is 4. The molecule has 0 aliphatic carbocycles. The molecule has 1 saturated heterocycles. The van der Waals surface area contributed by atoms with E-state index in [1.165, 1.54) is 25.7 Å². The van der Waals surface area contributed by atoms with E-state index in [-0.39, 0.29) is 12.5 Å². The first-order valence-electron chi connectivity index (χ1n) is 9.90. The Bertz CT molecular complexity index is 988. The minimum absolute atomic E-state index is 0.117. The molecular formula is C21H26N6O. The molecule has 1 fully saturated rings. The minimum Gasteiger partial charge on any atom is -0.356 e. The summed E-state index contributed by atoms with van der Waals surface area (Å²) in [6.45, 7) is 6.12. The fourth-order valence-corrected chi connectivity index (χ4v) is 3.73. The lowest BCUT2D eigenvalue weighted by Gasteiger charge is -2.21. The summed E-state index contributed by atoms with van der Waals surface area (Å²) < 4.78 is 1.65. The highest BCUT2D eigenvalue weighted by Crippen LogP contribution is 2.25. The summed E-state index contributed by atoms with van der Waals surface area (Å²) in [4.78, 5) is 23.8. The van der Waals surface area contributed by atoms with Crippen LogP contribution in [0.25, 0.3) is 11.0 Å². The molecule has 4 rings (SSSR count). The lowest BCUT2D eigenvalue weighted by Crippen LogP contribution is -2.25. The molecule has 28 heavy (non-hydrogen) atoms. The van der Waals surface area contributed by atoms with E-state index in [1.54, 1.807) is 17.2 Å². The van der Waals surface area contributed by atoms with Crippen molar-refractivity contribution in [3.05, 3.63) is 41.9 Å². The molecular weight excluding hydrogens is 352 g/mol. The maximum atomic E-state index is 12.6. The molecule has 3 aromatic rings. The highest BCUT2D eigenvalue weighted by Gasteiger charge is 2.18. The van der Waals surface area contributed by atoms with Crippen LogP contribution < -0.4 is 10.2 Å². The third kappa shape index (κ3) is 3.83. The number of anilines is 2. The predicted molar refractivity (Wildman–Crippen MR) is 111 cm³/mol. The smallest absolute Gasteiger partial charge is 0.246 e. The third-order valence-electron chi connectivity index (χ3n) is 5.28. The molecule has 0 saturated carbocycles. The number of amides is 1. The van der Waals surface area contributed by atoms with Crippen molar-refractivity contribution < 1.29 is 4.79 Å². The minimum atomic E-state index is -0.117. The fraction of sp³-hybridized carbons (Fsp3) is 0.429. The second-order valence-corrected chi connectivity index (χ2v) is 7.50. The number of benzene rings is 1. The molecule has 1 aromatic carbocycles. The van der Waals surface area contributed by atoms with Gasteiger partial charge in [-0.3, -0.25) is 4.79 Å². The summed E-state index contributed by atoms with van der Waals surface area (Å²) in [5.74, 6) is 0.807. The van der Waals surface area contributed by atoms with Crippen molar-refractivity contribution in [2.75, 3.05) is 23.3 Å². The van der Waals surface area contributed by atoms with Crippen LogP contribution in [0.4, 0.5) is 11.5 Å². The first-order valence-corrected chi connectivity index (χ1v) is 9.90. The summed E-state index contributed by atoms with van der Waals surface area (Å²) in [5, 5.41) is 8.32. The molecule has 0 spiro atoms. The van der Waals surface area contributed by atoms with Crippen LogP contribution >= 0.6 is 0 Å². The molecule has 2 aromatic heterocycles. The molecule has 7 heteroatoms. The average molecular weight is 378 g/mol. The van der Waals surface area contributed by atoms with Gasteiger partial charge in [-0.15, -0.1) is 0 Å². The molecule has 1 aliphatic heterocycles. The lowest BCUT2D eigenvalue weighted by molar-refractivity contribution is -0.116. The standard InChI is InChI=1S/C21H26N6O/c1-15-7-8-16(2)18(11-15)25-19(28)13-27-21-17(12-24-27)20(22-14-23-21)26-9-5-3-4-6-10-26/h7-8,11-12,14H,3-6,9-10,13H2,1-2H3,(H,25,28). The van der Waals surface area contributed by atoms with E-state index in [1.807, 2.05) is 32.0 Å². The van der Waals surface area contributed by atoms with Crippen LogP contribution in [-0.2, 0) is 11.3 Å². The largest absolute Gasteiger partial charge is 0.356 e. The third-order valence-corrected chi connectivity index (χ3v) is 5.28. The van der Waals surface area contributed by atoms with Crippen molar-refractivity contribution in [2.45, 2.75) is 46.1 Å². The van der Waals surface area contributed by atoms with Gasteiger partial charge in [0.2, 0.25) is 5.91 Å². The van der Waals surface area contributed by atoms with Crippen molar-refractivity contribution in [3.63, 3.8) is 0 Å². The molecule has 0 atom stereocenters. The first-order chi connectivity index (χ1) is 13.6. The van der Waals surface area contributed by atoms with Gasteiger partial charge in [0, 0.05) is 18.8 Å². The Hall–Kier alpha value is -2.96. The topological polar surface area (TPSA) is 75.9 Å². The zero-order valence-corrected chi connectivity index (χ0v) is 16.5. The van der Waals surface area contributed by atoms with Crippen molar-refractivity contribution in [2.24, 2.45) is 0 Å². The van der Waals surface area contributed by atoms with E-state index in [0.717, 1.165) is 41.1 Å². The number of aryl methyl sites for hydroxylation is 2. The number of hydrogen-bond donors (Lipinski definition) is 1. The second kappa shape index (κ2) is 7.96. The van der Waals surface area contributed by atoms with E-state index in [9.17, 15) is 4.79 Å². The molecule has 0 unspecified atom stereocenters. The van der Waals surface area contributed by atoms with Crippen molar-refractivity contribution >= 4 is 28.4 Å². The van der Waals surface area contributed by atoms with Crippen molar-refractivity contribution in [1.82, 2.24) is 19.7 Å². The number of rotatable bonds is 4. The van der Waals surface area contributed by atoms with Gasteiger partial charge >= 0.3 is 0 Å². The van der Waals surface area contributed by atoms with E-state index in [2.05, 4.69) is 25.3 Å². The normalized spacial score (nSPS) is 14.9. The molecule has 146 valence electrons. The van der Waals surface area contributed by atoms with E-state index >= 15 is 0 Å². The SMILES string of the molecule is Cc1ccc(C)c(NC(=O)Cn2ncc3c(N4CCCCCC4)ncnc32)c1. The van der Waals surface area contributed by atoms with Crippen LogP contribution in [-0.4, -0.2) is 38.7 Å². The van der Waals surface area contributed by atoms with E-state index < -0.39 is 0 Å². The van der Waals surface area contributed by atoms with Gasteiger partial charge in [0.05, 0.1) is 11.6 Å². The van der Waals surface area contributed by atoms with Gasteiger partial charge in [0.1, 0.15) is 18.7 Å². The molecule has 1 N–H and O–H groups in total.